The normalized spacial score (nSPS) is 35.0. The first kappa shape index (κ1) is 15.8. The largest absolute Gasteiger partial charge is 0.353 e. The Hall–Kier alpha value is -0.610. The third-order valence-corrected chi connectivity index (χ3v) is 5.23. The molecule has 1 amide bonds. The van der Waals surface area contributed by atoms with E-state index in [4.69, 9.17) is 0 Å². The number of amides is 1. The Kier molecular flexibility index (Phi) is 5.44. The SMILES string of the molecule is CC1CCCC(CNC(=O)[C@H]2CCCCN2)(N(C)C)C1. The molecular weight excluding hydrogens is 250 g/mol. The summed E-state index contributed by atoms with van der Waals surface area (Å²) in [5, 5.41) is 6.55. The van der Waals surface area contributed by atoms with E-state index >= 15 is 0 Å². The molecule has 2 fully saturated rings. The smallest absolute Gasteiger partial charge is 0.237 e. The van der Waals surface area contributed by atoms with Crippen LogP contribution >= 0.6 is 0 Å². The Balaban J connectivity index is 1.90. The zero-order chi connectivity index (χ0) is 14.6. The lowest BCUT2D eigenvalue weighted by atomic mass is 9.75. The van der Waals surface area contributed by atoms with Crippen LogP contribution in [0.15, 0.2) is 0 Å². The Labute approximate surface area is 123 Å². The Morgan fingerprint density at radius 1 is 1.30 bits per heavy atom. The molecule has 1 aliphatic carbocycles. The van der Waals surface area contributed by atoms with E-state index in [-0.39, 0.29) is 17.5 Å². The first-order valence-electron chi connectivity index (χ1n) is 8.22. The molecule has 2 unspecified atom stereocenters. The Bertz CT molecular complexity index is 326. The summed E-state index contributed by atoms with van der Waals surface area (Å²) in [6, 6.07) is 0.0315. The van der Waals surface area contributed by atoms with Crippen molar-refractivity contribution in [2.75, 3.05) is 27.2 Å². The van der Waals surface area contributed by atoms with Crippen molar-refractivity contribution in [1.29, 1.82) is 0 Å². The minimum atomic E-state index is 0.0315. The van der Waals surface area contributed by atoms with Crippen LogP contribution in [-0.4, -0.2) is 49.6 Å². The number of nitrogens with zero attached hydrogens (tertiary/aromatic N) is 1. The van der Waals surface area contributed by atoms with Crippen molar-refractivity contribution in [2.24, 2.45) is 5.92 Å². The summed E-state index contributed by atoms with van der Waals surface area (Å²) in [7, 11) is 4.31. The number of piperidine rings is 1. The quantitative estimate of drug-likeness (QED) is 0.825. The van der Waals surface area contributed by atoms with E-state index in [0.29, 0.717) is 0 Å². The number of carbonyl (C=O) groups excluding carboxylic acids is 1. The van der Waals surface area contributed by atoms with E-state index in [2.05, 4.69) is 36.6 Å². The van der Waals surface area contributed by atoms with Gasteiger partial charge in [-0.25, -0.2) is 0 Å². The van der Waals surface area contributed by atoms with Gasteiger partial charge in [0.25, 0.3) is 0 Å². The van der Waals surface area contributed by atoms with E-state index in [1.54, 1.807) is 0 Å². The summed E-state index contributed by atoms with van der Waals surface area (Å²) in [6.45, 7) is 4.11. The maximum Gasteiger partial charge on any atom is 0.237 e. The van der Waals surface area contributed by atoms with Crippen LogP contribution in [0.2, 0.25) is 0 Å². The van der Waals surface area contributed by atoms with E-state index in [1.165, 1.54) is 38.5 Å². The molecule has 0 bridgehead atoms. The van der Waals surface area contributed by atoms with Gasteiger partial charge in [-0.05, 0) is 52.2 Å². The van der Waals surface area contributed by atoms with Crippen molar-refractivity contribution < 1.29 is 4.79 Å². The second-order valence-corrected chi connectivity index (χ2v) is 7.04. The molecule has 2 aliphatic rings. The van der Waals surface area contributed by atoms with Gasteiger partial charge in [-0.3, -0.25) is 4.79 Å². The van der Waals surface area contributed by atoms with Crippen LogP contribution in [0.4, 0.5) is 0 Å². The van der Waals surface area contributed by atoms with Crippen molar-refractivity contribution >= 4 is 5.91 Å². The average molecular weight is 281 g/mol. The van der Waals surface area contributed by atoms with Crippen molar-refractivity contribution in [1.82, 2.24) is 15.5 Å². The van der Waals surface area contributed by atoms with Gasteiger partial charge in [-0.1, -0.05) is 26.2 Å². The maximum atomic E-state index is 12.3. The number of hydrogen-bond donors (Lipinski definition) is 2. The summed E-state index contributed by atoms with van der Waals surface area (Å²) < 4.78 is 0. The number of hydrogen-bond acceptors (Lipinski definition) is 3. The molecule has 0 spiro atoms. The average Bonchev–Trinajstić information content (AvgIpc) is 2.45. The summed E-state index contributed by atoms with van der Waals surface area (Å²) in [5.41, 5.74) is 0.155. The van der Waals surface area contributed by atoms with Crippen LogP contribution in [0.3, 0.4) is 0 Å². The van der Waals surface area contributed by atoms with Gasteiger partial charge in [0.05, 0.1) is 6.04 Å². The zero-order valence-electron chi connectivity index (χ0n) is 13.4. The van der Waals surface area contributed by atoms with Gasteiger partial charge in [0.15, 0.2) is 0 Å². The van der Waals surface area contributed by atoms with Crippen LogP contribution < -0.4 is 10.6 Å². The molecule has 4 nitrogen and oxygen atoms in total. The molecule has 2 N–H and O–H groups in total. The van der Waals surface area contributed by atoms with E-state index < -0.39 is 0 Å². The molecule has 0 aromatic heterocycles. The van der Waals surface area contributed by atoms with Gasteiger partial charge in [0.1, 0.15) is 0 Å². The van der Waals surface area contributed by atoms with Crippen molar-refractivity contribution in [2.45, 2.75) is 63.5 Å². The molecule has 0 radical (unpaired) electrons. The molecule has 20 heavy (non-hydrogen) atoms. The first-order chi connectivity index (χ1) is 9.53. The lowest BCUT2D eigenvalue weighted by Crippen LogP contribution is -2.57. The van der Waals surface area contributed by atoms with Gasteiger partial charge >= 0.3 is 0 Å². The number of carbonyl (C=O) groups is 1. The zero-order valence-corrected chi connectivity index (χ0v) is 13.4. The van der Waals surface area contributed by atoms with Crippen molar-refractivity contribution in [3.63, 3.8) is 0 Å². The predicted molar refractivity (Wildman–Crippen MR) is 82.7 cm³/mol. The van der Waals surface area contributed by atoms with Gasteiger partial charge in [-0.2, -0.15) is 0 Å². The molecule has 1 saturated carbocycles. The molecule has 2 rings (SSSR count). The minimum Gasteiger partial charge on any atom is -0.353 e. The van der Waals surface area contributed by atoms with Gasteiger partial charge in [-0.15, -0.1) is 0 Å². The van der Waals surface area contributed by atoms with Crippen LogP contribution in [0, 0.1) is 5.92 Å². The van der Waals surface area contributed by atoms with E-state index in [1.807, 2.05) is 0 Å². The predicted octanol–water partition coefficient (Wildman–Crippen LogP) is 1.76. The third-order valence-electron chi connectivity index (χ3n) is 5.23. The fourth-order valence-electron chi connectivity index (χ4n) is 3.81. The second kappa shape index (κ2) is 6.90. The lowest BCUT2D eigenvalue weighted by molar-refractivity contribution is -0.124. The standard InChI is InChI=1S/C16H31N3O/c1-13-7-6-9-16(11-13,19(2)3)12-18-15(20)14-8-4-5-10-17-14/h13-14,17H,4-12H2,1-3H3,(H,18,20)/t13?,14-,16?/m1/s1. The highest BCUT2D eigenvalue weighted by Crippen LogP contribution is 2.35. The molecule has 3 atom stereocenters. The fraction of sp³-hybridized carbons (Fsp3) is 0.938. The topological polar surface area (TPSA) is 44.4 Å². The highest BCUT2D eigenvalue weighted by Gasteiger charge is 2.37. The highest BCUT2D eigenvalue weighted by atomic mass is 16.2. The third kappa shape index (κ3) is 3.73. The van der Waals surface area contributed by atoms with Gasteiger partial charge in [0.2, 0.25) is 5.91 Å². The monoisotopic (exact) mass is 281 g/mol. The summed E-state index contributed by atoms with van der Waals surface area (Å²) >= 11 is 0. The molecule has 1 heterocycles. The molecule has 0 aromatic carbocycles. The summed E-state index contributed by atoms with van der Waals surface area (Å²) in [5.74, 6) is 0.958. The Morgan fingerprint density at radius 3 is 2.70 bits per heavy atom. The molecule has 4 heteroatoms. The number of likely N-dealkylation sites (N-methyl/N-ethyl adjacent to an activating group) is 1. The second-order valence-electron chi connectivity index (χ2n) is 7.04. The van der Waals surface area contributed by atoms with Crippen LogP contribution in [-0.2, 0) is 4.79 Å². The van der Waals surface area contributed by atoms with Gasteiger partial charge < -0.3 is 15.5 Å². The van der Waals surface area contributed by atoms with Crippen LogP contribution in [0.5, 0.6) is 0 Å². The van der Waals surface area contributed by atoms with E-state index in [9.17, 15) is 4.79 Å². The van der Waals surface area contributed by atoms with Gasteiger partial charge in [0, 0.05) is 12.1 Å². The highest BCUT2D eigenvalue weighted by molar-refractivity contribution is 5.81. The first-order valence-corrected chi connectivity index (χ1v) is 8.22. The minimum absolute atomic E-state index is 0.0315. The lowest BCUT2D eigenvalue weighted by Gasteiger charge is -2.45. The molecule has 1 aliphatic heterocycles. The van der Waals surface area contributed by atoms with Crippen molar-refractivity contribution in [3.05, 3.63) is 0 Å². The molecule has 116 valence electrons. The molecule has 1 saturated heterocycles. The Morgan fingerprint density at radius 2 is 2.10 bits per heavy atom. The fourth-order valence-corrected chi connectivity index (χ4v) is 3.81. The van der Waals surface area contributed by atoms with Crippen molar-refractivity contribution in [3.8, 4) is 0 Å². The number of rotatable bonds is 4. The van der Waals surface area contributed by atoms with Crippen LogP contribution in [0.1, 0.15) is 51.9 Å². The number of nitrogens with one attached hydrogen (secondary N) is 2. The van der Waals surface area contributed by atoms with Crippen LogP contribution in [0.25, 0.3) is 0 Å². The summed E-state index contributed by atoms with van der Waals surface area (Å²) in [4.78, 5) is 14.6. The van der Waals surface area contributed by atoms with E-state index in [0.717, 1.165) is 25.4 Å². The molecule has 0 aromatic rings. The maximum absolute atomic E-state index is 12.3. The molecular formula is C16H31N3O. The summed E-state index contributed by atoms with van der Waals surface area (Å²) in [6.07, 6.45) is 8.34.